The normalized spacial score (nSPS) is 16.6. The maximum absolute atomic E-state index is 12.5. The molecule has 3 rings (SSSR count). The molecule has 3 amide bonds. The standard InChI is InChI=1S/C18H14N2O5S/c21-15(19-13-9-5-4-8-12(13)17(23)24)10-14-16(22)20(18(25)26-14)11-6-2-1-3-7-11/h1-9,14H,10H2,(H,19,21)(H,23,24). The molecule has 1 aliphatic rings. The molecule has 1 fully saturated rings. The molecule has 132 valence electrons. The highest BCUT2D eigenvalue weighted by Crippen LogP contribution is 2.33. The number of benzene rings is 2. The summed E-state index contributed by atoms with van der Waals surface area (Å²) in [6.45, 7) is 0. The van der Waals surface area contributed by atoms with Crippen molar-refractivity contribution in [2.45, 2.75) is 11.7 Å². The van der Waals surface area contributed by atoms with E-state index in [0.717, 1.165) is 16.7 Å². The Balaban J connectivity index is 1.70. The molecule has 0 aromatic heterocycles. The first-order chi connectivity index (χ1) is 12.5. The van der Waals surface area contributed by atoms with Gasteiger partial charge in [0.2, 0.25) is 11.8 Å². The summed E-state index contributed by atoms with van der Waals surface area (Å²) >= 11 is 0.786. The highest BCUT2D eigenvalue weighted by Gasteiger charge is 2.41. The summed E-state index contributed by atoms with van der Waals surface area (Å²) in [6, 6.07) is 14.5. The molecule has 0 bridgehead atoms. The minimum atomic E-state index is -1.17. The van der Waals surface area contributed by atoms with Crippen LogP contribution in [-0.2, 0) is 9.59 Å². The lowest BCUT2D eigenvalue weighted by Crippen LogP contribution is -2.33. The summed E-state index contributed by atoms with van der Waals surface area (Å²) in [6.07, 6.45) is -0.230. The van der Waals surface area contributed by atoms with Gasteiger partial charge in [0.25, 0.3) is 5.24 Å². The Morgan fingerprint density at radius 3 is 2.38 bits per heavy atom. The molecular weight excluding hydrogens is 356 g/mol. The van der Waals surface area contributed by atoms with E-state index < -0.39 is 28.3 Å². The smallest absolute Gasteiger partial charge is 0.337 e. The van der Waals surface area contributed by atoms with Gasteiger partial charge >= 0.3 is 5.97 Å². The van der Waals surface area contributed by atoms with E-state index in [0.29, 0.717) is 5.69 Å². The number of carbonyl (C=O) groups is 4. The van der Waals surface area contributed by atoms with Crippen molar-refractivity contribution < 1.29 is 24.3 Å². The zero-order chi connectivity index (χ0) is 18.7. The molecule has 2 N–H and O–H groups in total. The first kappa shape index (κ1) is 17.7. The fourth-order valence-corrected chi connectivity index (χ4v) is 3.53. The fraction of sp³-hybridized carbons (Fsp3) is 0.111. The third-order valence-corrected chi connectivity index (χ3v) is 4.78. The van der Waals surface area contributed by atoms with Crippen LogP contribution < -0.4 is 10.2 Å². The number of para-hydroxylation sites is 2. The van der Waals surface area contributed by atoms with Gasteiger partial charge in [-0.15, -0.1) is 0 Å². The number of anilines is 2. The average Bonchev–Trinajstić information content (AvgIpc) is 2.89. The van der Waals surface area contributed by atoms with Crippen molar-refractivity contribution in [3.8, 4) is 0 Å². The van der Waals surface area contributed by atoms with Gasteiger partial charge in [0.15, 0.2) is 0 Å². The molecule has 1 aliphatic heterocycles. The van der Waals surface area contributed by atoms with Crippen molar-refractivity contribution >= 4 is 46.2 Å². The van der Waals surface area contributed by atoms with Crippen LogP contribution in [0.3, 0.4) is 0 Å². The summed E-state index contributed by atoms with van der Waals surface area (Å²) in [7, 11) is 0. The second kappa shape index (κ2) is 7.40. The molecule has 1 unspecified atom stereocenters. The topological polar surface area (TPSA) is 104 Å². The van der Waals surface area contributed by atoms with E-state index >= 15 is 0 Å². The second-order valence-electron chi connectivity index (χ2n) is 5.48. The predicted molar refractivity (Wildman–Crippen MR) is 97.4 cm³/mol. The molecule has 0 aliphatic carbocycles. The number of amides is 3. The number of imide groups is 1. The van der Waals surface area contributed by atoms with Crippen molar-refractivity contribution in [1.82, 2.24) is 0 Å². The summed E-state index contributed by atoms with van der Waals surface area (Å²) < 4.78 is 0. The minimum Gasteiger partial charge on any atom is -0.478 e. The quantitative estimate of drug-likeness (QED) is 0.839. The Bertz CT molecular complexity index is 884. The summed E-state index contributed by atoms with van der Waals surface area (Å²) in [4.78, 5) is 49.1. The van der Waals surface area contributed by atoms with Crippen LogP contribution in [0.2, 0.25) is 0 Å². The largest absolute Gasteiger partial charge is 0.478 e. The van der Waals surface area contributed by atoms with Crippen LogP contribution in [-0.4, -0.2) is 33.4 Å². The third kappa shape index (κ3) is 3.60. The van der Waals surface area contributed by atoms with E-state index in [2.05, 4.69) is 5.32 Å². The molecule has 1 heterocycles. The Morgan fingerprint density at radius 2 is 1.69 bits per heavy atom. The molecular formula is C18H14N2O5S. The monoisotopic (exact) mass is 370 g/mol. The first-order valence-electron chi connectivity index (χ1n) is 7.69. The van der Waals surface area contributed by atoms with Gasteiger partial charge in [0.1, 0.15) is 5.25 Å². The van der Waals surface area contributed by atoms with Gasteiger partial charge in [-0.25, -0.2) is 9.69 Å². The predicted octanol–water partition coefficient (Wildman–Crippen LogP) is 2.98. The maximum Gasteiger partial charge on any atom is 0.337 e. The number of thioether (sulfide) groups is 1. The fourth-order valence-electron chi connectivity index (χ4n) is 2.55. The van der Waals surface area contributed by atoms with Crippen molar-refractivity contribution in [1.29, 1.82) is 0 Å². The van der Waals surface area contributed by atoms with Gasteiger partial charge in [0, 0.05) is 6.42 Å². The van der Waals surface area contributed by atoms with Crippen molar-refractivity contribution in [2.75, 3.05) is 10.2 Å². The van der Waals surface area contributed by atoms with Crippen molar-refractivity contribution in [3.63, 3.8) is 0 Å². The number of carboxylic acid groups (broad SMARTS) is 1. The highest BCUT2D eigenvalue weighted by atomic mass is 32.2. The molecule has 1 saturated heterocycles. The first-order valence-corrected chi connectivity index (χ1v) is 8.57. The number of hydrogen-bond acceptors (Lipinski definition) is 5. The van der Waals surface area contributed by atoms with Crippen molar-refractivity contribution in [2.24, 2.45) is 0 Å². The van der Waals surface area contributed by atoms with Gasteiger partial charge in [0.05, 0.1) is 16.9 Å². The molecule has 0 spiro atoms. The number of aromatic carboxylic acids is 1. The SMILES string of the molecule is O=C(CC1SC(=O)N(c2ccccc2)C1=O)Nc1ccccc1C(=O)O. The van der Waals surface area contributed by atoms with Crippen LogP contribution >= 0.6 is 11.8 Å². The van der Waals surface area contributed by atoms with Crippen LogP contribution in [0.5, 0.6) is 0 Å². The van der Waals surface area contributed by atoms with E-state index in [-0.39, 0.29) is 17.7 Å². The summed E-state index contributed by atoms with van der Waals surface area (Å²) in [5.41, 5.74) is 0.550. The van der Waals surface area contributed by atoms with Gasteiger partial charge in [-0.3, -0.25) is 14.4 Å². The molecule has 7 nitrogen and oxygen atoms in total. The Kier molecular flexibility index (Phi) is 5.04. The molecule has 0 saturated carbocycles. The lowest BCUT2D eigenvalue weighted by Gasteiger charge is -2.13. The molecule has 2 aromatic carbocycles. The Labute approximate surface area is 153 Å². The number of nitrogens with one attached hydrogen (secondary N) is 1. The third-order valence-electron chi connectivity index (χ3n) is 3.74. The molecule has 0 radical (unpaired) electrons. The minimum absolute atomic E-state index is 0.0479. The number of nitrogens with zero attached hydrogens (tertiary/aromatic N) is 1. The van der Waals surface area contributed by atoms with E-state index in [1.54, 1.807) is 42.5 Å². The van der Waals surface area contributed by atoms with Crippen LogP contribution in [0.1, 0.15) is 16.8 Å². The Hall–Kier alpha value is -3.13. The summed E-state index contributed by atoms with van der Waals surface area (Å²) in [5, 5.41) is 10.3. The van der Waals surface area contributed by atoms with Crippen LogP contribution in [0, 0.1) is 0 Å². The van der Waals surface area contributed by atoms with Gasteiger partial charge < -0.3 is 10.4 Å². The zero-order valence-electron chi connectivity index (χ0n) is 13.4. The highest BCUT2D eigenvalue weighted by molar-refractivity contribution is 8.15. The average molecular weight is 370 g/mol. The van der Waals surface area contributed by atoms with Gasteiger partial charge in [-0.1, -0.05) is 30.3 Å². The van der Waals surface area contributed by atoms with E-state index in [9.17, 15) is 19.2 Å². The summed E-state index contributed by atoms with van der Waals surface area (Å²) in [5.74, 6) is -2.17. The second-order valence-corrected chi connectivity index (χ2v) is 6.64. The zero-order valence-corrected chi connectivity index (χ0v) is 14.2. The van der Waals surface area contributed by atoms with Crippen LogP contribution in [0.25, 0.3) is 0 Å². The molecule has 8 heteroatoms. The van der Waals surface area contributed by atoms with Gasteiger partial charge in [-0.2, -0.15) is 0 Å². The number of rotatable bonds is 5. The lowest BCUT2D eigenvalue weighted by atomic mass is 10.1. The lowest BCUT2D eigenvalue weighted by molar-refractivity contribution is -0.121. The van der Waals surface area contributed by atoms with E-state index in [4.69, 9.17) is 5.11 Å². The molecule has 1 atom stereocenters. The van der Waals surface area contributed by atoms with E-state index in [1.165, 1.54) is 12.1 Å². The van der Waals surface area contributed by atoms with Crippen LogP contribution in [0.15, 0.2) is 54.6 Å². The number of carbonyl (C=O) groups excluding carboxylic acids is 3. The molecule has 26 heavy (non-hydrogen) atoms. The van der Waals surface area contributed by atoms with Crippen molar-refractivity contribution in [3.05, 3.63) is 60.2 Å². The van der Waals surface area contributed by atoms with Gasteiger partial charge in [-0.05, 0) is 36.0 Å². The number of carboxylic acids is 1. The molecule has 2 aromatic rings. The maximum atomic E-state index is 12.5. The van der Waals surface area contributed by atoms with Crippen LogP contribution in [0.4, 0.5) is 16.2 Å². The number of hydrogen-bond donors (Lipinski definition) is 2. The van der Waals surface area contributed by atoms with E-state index in [1.807, 2.05) is 0 Å². The Morgan fingerprint density at radius 1 is 1.04 bits per heavy atom.